The van der Waals surface area contributed by atoms with Crippen LogP contribution in [0.3, 0.4) is 0 Å². The van der Waals surface area contributed by atoms with E-state index in [0.717, 1.165) is 41.5 Å². The lowest BCUT2D eigenvalue weighted by molar-refractivity contribution is -0.0188. The van der Waals surface area contributed by atoms with Gasteiger partial charge in [0.05, 0.1) is 18.8 Å². The van der Waals surface area contributed by atoms with E-state index in [9.17, 15) is 0 Å². The molecule has 3 nitrogen and oxygen atoms in total. The van der Waals surface area contributed by atoms with Crippen LogP contribution in [-0.2, 0) is 17.8 Å². The second kappa shape index (κ2) is 7.89. The van der Waals surface area contributed by atoms with Crippen LogP contribution >= 0.6 is 31.9 Å². The molecule has 1 saturated heterocycles. The van der Waals surface area contributed by atoms with E-state index in [2.05, 4.69) is 84.5 Å². The Kier molecular flexibility index (Phi) is 5.58. The van der Waals surface area contributed by atoms with Gasteiger partial charge in [-0.25, -0.2) is 0 Å². The van der Waals surface area contributed by atoms with Gasteiger partial charge >= 0.3 is 0 Å². The molecular formula is C20H22Br2N2O. The summed E-state index contributed by atoms with van der Waals surface area (Å²) in [6.45, 7) is 4.93. The van der Waals surface area contributed by atoms with Crippen LogP contribution in [0.4, 0.5) is 0 Å². The first kappa shape index (κ1) is 17.7. The summed E-state index contributed by atoms with van der Waals surface area (Å²) in [6, 6.07) is 15.5. The number of ether oxygens (including phenoxy) is 1. The van der Waals surface area contributed by atoms with E-state index in [1.165, 1.54) is 16.7 Å². The average molecular weight is 466 g/mol. The molecule has 1 aliphatic heterocycles. The number of nitrogens with zero attached hydrogens (tertiary/aromatic N) is 1. The number of hydrogen-bond acceptors (Lipinski definition) is 3. The fourth-order valence-corrected chi connectivity index (χ4v) is 5.37. The number of benzene rings is 2. The van der Waals surface area contributed by atoms with Gasteiger partial charge in [0.25, 0.3) is 0 Å². The molecule has 2 unspecified atom stereocenters. The summed E-state index contributed by atoms with van der Waals surface area (Å²) in [6.07, 6.45) is 1.22. The van der Waals surface area contributed by atoms with Gasteiger partial charge in [-0.1, -0.05) is 56.1 Å². The van der Waals surface area contributed by atoms with Gasteiger partial charge in [0.15, 0.2) is 0 Å². The van der Waals surface area contributed by atoms with Crippen LogP contribution in [0.25, 0.3) is 0 Å². The lowest BCUT2D eigenvalue weighted by Gasteiger charge is -2.36. The highest BCUT2D eigenvalue weighted by Gasteiger charge is 2.37. The summed E-state index contributed by atoms with van der Waals surface area (Å²) in [5.41, 5.74) is 4.08. The lowest BCUT2D eigenvalue weighted by Crippen LogP contribution is -2.47. The fraction of sp³-hybridized carbons (Fsp3) is 0.400. The van der Waals surface area contributed by atoms with Crippen molar-refractivity contribution in [2.75, 3.05) is 26.2 Å². The van der Waals surface area contributed by atoms with E-state index in [1.807, 2.05) is 0 Å². The number of piperazine rings is 1. The summed E-state index contributed by atoms with van der Waals surface area (Å²) in [5, 5.41) is 3.45. The smallest absolute Gasteiger partial charge is 0.0816 e. The van der Waals surface area contributed by atoms with Gasteiger partial charge in [-0.05, 0) is 34.9 Å². The molecule has 0 saturated carbocycles. The molecule has 132 valence electrons. The minimum atomic E-state index is 0.216. The monoisotopic (exact) mass is 464 g/mol. The predicted octanol–water partition coefficient (Wildman–Crippen LogP) is 4.30. The molecule has 0 spiro atoms. The van der Waals surface area contributed by atoms with Crippen molar-refractivity contribution in [3.8, 4) is 0 Å². The van der Waals surface area contributed by atoms with Gasteiger partial charge in [-0.2, -0.15) is 0 Å². The van der Waals surface area contributed by atoms with Crippen molar-refractivity contribution < 1.29 is 4.74 Å². The van der Waals surface area contributed by atoms with E-state index in [-0.39, 0.29) is 6.10 Å². The molecule has 1 heterocycles. The van der Waals surface area contributed by atoms with Gasteiger partial charge in [0.2, 0.25) is 0 Å². The van der Waals surface area contributed by atoms with Crippen LogP contribution in [0.2, 0.25) is 0 Å². The average Bonchev–Trinajstić information content (AvgIpc) is 2.98. The molecule has 1 N–H and O–H groups in total. The second-order valence-corrected chi connectivity index (χ2v) is 8.59. The predicted molar refractivity (Wildman–Crippen MR) is 108 cm³/mol. The molecule has 1 fully saturated rings. The van der Waals surface area contributed by atoms with Crippen molar-refractivity contribution in [3.05, 3.63) is 68.1 Å². The quantitative estimate of drug-likeness (QED) is 0.728. The standard InChI is InChI=1S/C20H22Br2N2O/c21-16-9-14(10-17(22)12-16)13-25-19-11-15-3-1-2-4-18(15)20(19)24-7-5-23-6-8-24/h1-4,9-10,12,19-20,23H,5-8,11,13H2. The highest BCUT2D eigenvalue weighted by Crippen LogP contribution is 2.38. The Morgan fingerprint density at radius 1 is 1.04 bits per heavy atom. The van der Waals surface area contributed by atoms with E-state index in [1.54, 1.807) is 0 Å². The number of rotatable bonds is 4. The van der Waals surface area contributed by atoms with Crippen molar-refractivity contribution in [3.63, 3.8) is 0 Å². The zero-order valence-corrected chi connectivity index (χ0v) is 17.2. The molecule has 2 aromatic carbocycles. The maximum Gasteiger partial charge on any atom is 0.0816 e. The van der Waals surface area contributed by atoms with E-state index in [0.29, 0.717) is 12.6 Å². The van der Waals surface area contributed by atoms with Crippen molar-refractivity contribution in [2.24, 2.45) is 0 Å². The van der Waals surface area contributed by atoms with Crippen LogP contribution in [0.15, 0.2) is 51.4 Å². The van der Waals surface area contributed by atoms with Crippen LogP contribution in [0, 0.1) is 0 Å². The third-order valence-electron chi connectivity index (χ3n) is 5.08. The Hall–Kier alpha value is -0.720. The Bertz CT molecular complexity index is 726. The maximum absolute atomic E-state index is 6.44. The van der Waals surface area contributed by atoms with Gasteiger partial charge < -0.3 is 10.1 Å². The van der Waals surface area contributed by atoms with E-state index in [4.69, 9.17) is 4.74 Å². The highest BCUT2D eigenvalue weighted by molar-refractivity contribution is 9.11. The first-order valence-corrected chi connectivity index (χ1v) is 10.4. The number of nitrogens with one attached hydrogen (secondary N) is 1. The number of hydrogen-bond donors (Lipinski definition) is 1. The lowest BCUT2D eigenvalue weighted by atomic mass is 10.1. The molecule has 25 heavy (non-hydrogen) atoms. The van der Waals surface area contributed by atoms with Gasteiger partial charge in [0.1, 0.15) is 0 Å². The van der Waals surface area contributed by atoms with E-state index >= 15 is 0 Å². The summed E-state index contributed by atoms with van der Waals surface area (Å²) in [5.74, 6) is 0. The van der Waals surface area contributed by atoms with Crippen LogP contribution < -0.4 is 5.32 Å². The number of fused-ring (bicyclic) bond motifs is 1. The molecular weight excluding hydrogens is 444 g/mol. The molecule has 0 amide bonds. The maximum atomic E-state index is 6.44. The minimum absolute atomic E-state index is 0.216. The van der Waals surface area contributed by atoms with Crippen LogP contribution in [0.5, 0.6) is 0 Å². The summed E-state index contributed by atoms with van der Waals surface area (Å²) in [4.78, 5) is 2.59. The molecule has 0 aromatic heterocycles. The van der Waals surface area contributed by atoms with Gasteiger partial charge in [0, 0.05) is 41.5 Å². The molecule has 2 aliphatic rings. The van der Waals surface area contributed by atoms with Crippen LogP contribution in [0.1, 0.15) is 22.7 Å². The van der Waals surface area contributed by atoms with Gasteiger partial charge in [-0.3, -0.25) is 4.90 Å². The zero-order valence-electron chi connectivity index (χ0n) is 14.1. The summed E-state index contributed by atoms with van der Waals surface area (Å²) in [7, 11) is 0. The molecule has 4 rings (SSSR count). The first-order chi connectivity index (χ1) is 12.2. The van der Waals surface area contributed by atoms with Crippen LogP contribution in [-0.4, -0.2) is 37.2 Å². The summed E-state index contributed by atoms with van der Waals surface area (Å²) < 4.78 is 8.60. The third kappa shape index (κ3) is 4.01. The first-order valence-electron chi connectivity index (χ1n) is 8.80. The Labute approximate surface area is 166 Å². The topological polar surface area (TPSA) is 24.5 Å². The highest BCUT2D eigenvalue weighted by atomic mass is 79.9. The fourth-order valence-electron chi connectivity index (χ4n) is 3.98. The minimum Gasteiger partial charge on any atom is -0.371 e. The summed E-state index contributed by atoms with van der Waals surface area (Å²) >= 11 is 7.13. The van der Waals surface area contributed by atoms with E-state index < -0.39 is 0 Å². The van der Waals surface area contributed by atoms with Crippen molar-refractivity contribution in [1.29, 1.82) is 0 Å². The Balaban J connectivity index is 1.53. The molecule has 2 atom stereocenters. The molecule has 0 bridgehead atoms. The second-order valence-electron chi connectivity index (χ2n) is 6.76. The van der Waals surface area contributed by atoms with Crippen molar-refractivity contribution in [1.82, 2.24) is 10.2 Å². The zero-order chi connectivity index (χ0) is 17.2. The van der Waals surface area contributed by atoms with Crippen molar-refractivity contribution >= 4 is 31.9 Å². The molecule has 0 radical (unpaired) electrons. The normalized spacial score (nSPS) is 23.6. The SMILES string of the molecule is Brc1cc(Br)cc(COC2Cc3ccccc3C2N2CCNCC2)c1. The van der Waals surface area contributed by atoms with Gasteiger partial charge in [-0.15, -0.1) is 0 Å². The Morgan fingerprint density at radius 3 is 2.52 bits per heavy atom. The number of halogens is 2. The Morgan fingerprint density at radius 2 is 1.76 bits per heavy atom. The third-order valence-corrected chi connectivity index (χ3v) is 5.99. The van der Waals surface area contributed by atoms with Crippen molar-refractivity contribution in [2.45, 2.75) is 25.2 Å². The molecule has 1 aliphatic carbocycles. The largest absolute Gasteiger partial charge is 0.371 e. The molecule has 5 heteroatoms. The molecule has 2 aromatic rings.